The number of ether oxygens (including phenoxy) is 1. The van der Waals surface area contributed by atoms with E-state index >= 15 is 0 Å². The maximum atomic E-state index is 12.2. The summed E-state index contributed by atoms with van der Waals surface area (Å²) < 4.78 is 6.96. The van der Waals surface area contributed by atoms with Crippen molar-refractivity contribution >= 4 is 17.5 Å². The average Bonchev–Trinajstić information content (AvgIpc) is 3.08. The Morgan fingerprint density at radius 1 is 1.19 bits per heavy atom. The first kappa shape index (κ1) is 18.1. The maximum absolute atomic E-state index is 12.2. The molecule has 0 unspecified atom stereocenters. The number of carbonyl (C=O) groups excluding carboxylic acids is 1. The molecule has 0 atom stereocenters. The van der Waals surface area contributed by atoms with Gasteiger partial charge in [-0.1, -0.05) is 48.5 Å². The lowest BCUT2D eigenvalue weighted by molar-refractivity contribution is -0.385. The first-order valence-corrected chi connectivity index (χ1v) is 8.20. The SMILES string of the molecule is Cn1cc([N+](=O)[O-])c(C(=O)/C=C/c2ccc(OCc3ccccc3)cc2)n1. The Bertz CT molecular complexity index is 976. The predicted molar refractivity (Wildman–Crippen MR) is 100 cm³/mol. The molecule has 0 radical (unpaired) electrons. The Morgan fingerprint density at radius 3 is 2.56 bits per heavy atom. The Balaban J connectivity index is 1.64. The molecule has 0 aliphatic heterocycles. The largest absolute Gasteiger partial charge is 0.489 e. The smallest absolute Gasteiger partial charge is 0.318 e. The Morgan fingerprint density at radius 2 is 1.89 bits per heavy atom. The third-order valence-electron chi connectivity index (χ3n) is 3.80. The van der Waals surface area contributed by atoms with E-state index in [4.69, 9.17) is 4.74 Å². The second-order valence-electron chi connectivity index (χ2n) is 5.83. The fourth-order valence-electron chi connectivity index (χ4n) is 2.45. The number of aromatic nitrogens is 2. The Hall–Kier alpha value is -3.74. The normalized spacial score (nSPS) is 10.9. The molecule has 1 heterocycles. The molecule has 3 rings (SSSR count). The van der Waals surface area contributed by atoms with Gasteiger partial charge in [-0.3, -0.25) is 19.6 Å². The molecule has 0 amide bonds. The van der Waals surface area contributed by atoms with E-state index in [9.17, 15) is 14.9 Å². The minimum Gasteiger partial charge on any atom is -0.489 e. The highest BCUT2D eigenvalue weighted by Crippen LogP contribution is 2.18. The highest BCUT2D eigenvalue weighted by Gasteiger charge is 2.22. The van der Waals surface area contributed by atoms with Gasteiger partial charge in [0.1, 0.15) is 18.6 Å². The summed E-state index contributed by atoms with van der Waals surface area (Å²) in [5.74, 6) is 0.189. The molecule has 7 heteroatoms. The van der Waals surface area contributed by atoms with E-state index in [2.05, 4.69) is 5.10 Å². The fourth-order valence-corrected chi connectivity index (χ4v) is 2.45. The van der Waals surface area contributed by atoms with Gasteiger partial charge in [0.15, 0.2) is 0 Å². The van der Waals surface area contributed by atoms with Crippen molar-refractivity contribution in [3.63, 3.8) is 0 Å². The monoisotopic (exact) mass is 363 g/mol. The van der Waals surface area contributed by atoms with Crippen LogP contribution in [0.2, 0.25) is 0 Å². The molecule has 136 valence electrons. The lowest BCUT2D eigenvalue weighted by Crippen LogP contribution is -2.01. The molecule has 0 aliphatic carbocycles. The number of carbonyl (C=O) groups is 1. The zero-order chi connectivity index (χ0) is 19.2. The predicted octanol–water partition coefficient (Wildman–Crippen LogP) is 3.80. The van der Waals surface area contributed by atoms with Crippen molar-refractivity contribution in [2.75, 3.05) is 0 Å². The van der Waals surface area contributed by atoms with Crippen LogP contribution in [0.15, 0.2) is 66.9 Å². The minimum atomic E-state index is -0.618. The van der Waals surface area contributed by atoms with Crippen LogP contribution in [0, 0.1) is 10.1 Å². The van der Waals surface area contributed by atoms with Crippen molar-refractivity contribution in [3.05, 3.63) is 93.8 Å². The van der Waals surface area contributed by atoms with E-state index in [1.165, 1.54) is 24.0 Å². The molecule has 1 aromatic heterocycles. The molecule has 0 bridgehead atoms. The zero-order valence-corrected chi connectivity index (χ0v) is 14.6. The van der Waals surface area contributed by atoms with E-state index in [0.29, 0.717) is 12.4 Å². The van der Waals surface area contributed by atoms with Crippen LogP contribution in [0.3, 0.4) is 0 Å². The molecule has 0 fully saturated rings. The van der Waals surface area contributed by atoms with Gasteiger partial charge in [-0.25, -0.2) is 0 Å². The molecule has 0 saturated heterocycles. The van der Waals surface area contributed by atoms with Gasteiger partial charge in [-0.15, -0.1) is 0 Å². The van der Waals surface area contributed by atoms with E-state index in [1.807, 2.05) is 30.3 Å². The number of aryl methyl sites for hydroxylation is 1. The van der Waals surface area contributed by atoms with Crippen molar-refractivity contribution in [1.82, 2.24) is 9.78 Å². The minimum absolute atomic E-state index is 0.179. The van der Waals surface area contributed by atoms with Gasteiger partial charge < -0.3 is 4.74 Å². The van der Waals surface area contributed by atoms with Crippen LogP contribution in [0.5, 0.6) is 5.75 Å². The van der Waals surface area contributed by atoms with Gasteiger partial charge in [-0.2, -0.15) is 5.10 Å². The lowest BCUT2D eigenvalue weighted by atomic mass is 10.1. The maximum Gasteiger partial charge on any atom is 0.318 e. The highest BCUT2D eigenvalue weighted by atomic mass is 16.6. The van der Waals surface area contributed by atoms with Crippen molar-refractivity contribution in [3.8, 4) is 5.75 Å². The van der Waals surface area contributed by atoms with Crippen molar-refractivity contribution in [2.45, 2.75) is 6.61 Å². The lowest BCUT2D eigenvalue weighted by Gasteiger charge is -2.06. The Labute approximate surface area is 155 Å². The molecule has 7 nitrogen and oxygen atoms in total. The van der Waals surface area contributed by atoms with Crippen LogP contribution in [0.25, 0.3) is 6.08 Å². The second-order valence-corrected chi connectivity index (χ2v) is 5.83. The molecule has 2 aromatic carbocycles. The van der Waals surface area contributed by atoms with E-state index < -0.39 is 10.7 Å². The van der Waals surface area contributed by atoms with Crippen LogP contribution in [0.1, 0.15) is 21.6 Å². The van der Waals surface area contributed by atoms with Gasteiger partial charge in [-0.05, 0) is 29.3 Å². The number of nitro groups is 1. The summed E-state index contributed by atoms with van der Waals surface area (Å²) in [5, 5.41) is 14.8. The van der Waals surface area contributed by atoms with E-state index in [-0.39, 0.29) is 11.4 Å². The van der Waals surface area contributed by atoms with Crippen molar-refractivity contribution in [2.24, 2.45) is 7.05 Å². The number of hydrogen-bond acceptors (Lipinski definition) is 5. The zero-order valence-electron chi connectivity index (χ0n) is 14.6. The fraction of sp³-hybridized carbons (Fsp3) is 0.100. The van der Waals surface area contributed by atoms with Crippen molar-refractivity contribution < 1.29 is 14.5 Å². The Kier molecular flexibility index (Phi) is 5.41. The average molecular weight is 363 g/mol. The summed E-state index contributed by atoms with van der Waals surface area (Å²) in [4.78, 5) is 22.6. The molecule has 0 spiro atoms. The van der Waals surface area contributed by atoms with Gasteiger partial charge >= 0.3 is 5.69 Å². The van der Waals surface area contributed by atoms with Gasteiger partial charge in [0.25, 0.3) is 0 Å². The third-order valence-corrected chi connectivity index (χ3v) is 3.80. The molecule has 0 N–H and O–H groups in total. The molecule has 3 aromatic rings. The summed E-state index contributed by atoms with van der Waals surface area (Å²) in [6.45, 7) is 0.470. The number of hydrogen-bond donors (Lipinski definition) is 0. The topological polar surface area (TPSA) is 87.3 Å². The van der Waals surface area contributed by atoms with Crippen LogP contribution < -0.4 is 4.74 Å². The van der Waals surface area contributed by atoms with E-state index in [1.54, 1.807) is 30.3 Å². The number of benzene rings is 2. The molecule has 0 aliphatic rings. The summed E-state index contributed by atoms with van der Waals surface area (Å²) in [6.07, 6.45) is 4.07. The first-order chi connectivity index (χ1) is 13.0. The third kappa shape index (κ3) is 4.66. The number of allylic oxidation sites excluding steroid dienone is 1. The summed E-state index contributed by atoms with van der Waals surface area (Å²) in [6, 6.07) is 17.0. The molecular formula is C20H17N3O4. The molecular weight excluding hydrogens is 346 g/mol. The summed E-state index contributed by atoms with van der Waals surface area (Å²) >= 11 is 0. The molecule has 0 saturated carbocycles. The summed E-state index contributed by atoms with van der Waals surface area (Å²) in [5.41, 5.74) is 1.36. The van der Waals surface area contributed by atoms with Crippen LogP contribution in [0.4, 0.5) is 5.69 Å². The first-order valence-electron chi connectivity index (χ1n) is 8.20. The molecule has 27 heavy (non-hydrogen) atoms. The quantitative estimate of drug-likeness (QED) is 0.276. The number of ketones is 1. The second kappa shape index (κ2) is 8.09. The standard InChI is InChI=1S/C20H17N3O4/c1-22-13-18(23(25)26)20(21-22)19(24)12-9-15-7-10-17(11-8-15)27-14-16-5-3-2-4-6-16/h2-13H,14H2,1H3/b12-9+. The van der Waals surface area contributed by atoms with Crippen LogP contribution in [-0.4, -0.2) is 20.5 Å². The van der Waals surface area contributed by atoms with Gasteiger partial charge in [0.05, 0.1) is 4.92 Å². The number of rotatable bonds is 7. The highest BCUT2D eigenvalue weighted by molar-refractivity contribution is 6.07. The van der Waals surface area contributed by atoms with Crippen LogP contribution in [-0.2, 0) is 13.7 Å². The van der Waals surface area contributed by atoms with Crippen LogP contribution >= 0.6 is 0 Å². The van der Waals surface area contributed by atoms with E-state index in [0.717, 1.165) is 11.1 Å². The van der Waals surface area contributed by atoms with Gasteiger partial charge in [0.2, 0.25) is 11.5 Å². The number of nitrogens with zero attached hydrogens (tertiary/aromatic N) is 3. The summed E-state index contributed by atoms with van der Waals surface area (Å²) in [7, 11) is 1.53. The van der Waals surface area contributed by atoms with Crippen molar-refractivity contribution in [1.29, 1.82) is 0 Å². The van der Waals surface area contributed by atoms with Gasteiger partial charge in [0, 0.05) is 7.05 Å².